The molecule has 0 radical (unpaired) electrons. The van der Waals surface area contributed by atoms with Gasteiger partial charge in [0.05, 0.1) is 24.7 Å². The molecule has 0 saturated carbocycles. The number of nitrogens with two attached hydrogens (primary N) is 1. The zero-order valence-corrected chi connectivity index (χ0v) is 12.3. The average Bonchev–Trinajstić information content (AvgIpc) is 2.62. The Balaban J connectivity index is 1.94. The number of rotatable bonds is 4. The van der Waals surface area contributed by atoms with Crippen LogP contribution < -0.4 is 10.5 Å². The Kier molecular flexibility index (Phi) is 3.92. The van der Waals surface area contributed by atoms with Crippen molar-refractivity contribution < 1.29 is 9.53 Å². The number of amides is 1. The summed E-state index contributed by atoms with van der Waals surface area (Å²) in [6.07, 6.45) is 1.47. The Morgan fingerprint density at radius 2 is 1.65 bits per heavy atom. The minimum absolute atomic E-state index is 0.0685. The van der Waals surface area contributed by atoms with Gasteiger partial charge in [-0.3, -0.25) is 4.79 Å². The monoisotopic (exact) mass is 307 g/mol. The quantitative estimate of drug-likeness (QED) is 0.787. The molecule has 0 aliphatic heterocycles. The van der Waals surface area contributed by atoms with E-state index >= 15 is 0 Å². The van der Waals surface area contributed by atoms with Crippen LogP contribution in [0, 0.1) is 0 Å². The highest BCUT2D eigenvalue weighted by Crippen LogP contribution is 2.23. The van der Waals surface area contributed by atoms with E-state index in [0.717, 1.165) is 11.3 Å². The molecule has 0 atom stereocenters. The highest BCUT2D eigenvalue weighted by atomic mass is 16.5. The maximum atomic E-state index is 11.4. The fourth-order valence-electron chi connectivity index (χ4n) is 2.11. The highest BCUT2D eigenvalue weighted by Gasteiger charge is 2.13. The average molecular weight is 307 g/mol. The van der Waals surface area contributed by atoms with Crippen molar-refractivity contribution in [3.8, 4) is 28.3 Å². The smallest absolute Gasteiger partial charge is 0.269 e. The van der Waals surface area contributed by atoms with E-state index in [0.29, 0.717) is 17.0 Å². The van der Waals surface area contributed by atoms with Gasteiger partial charge in [-0.25, -0.2) is 0 Å². The van der Waals surface area contributed by atoms with Gasteiger partial charge in [-0.2, -0.15) is 5.10 Å². The second-order valence-electron chi connectivity index (χ2n) is 4.69. The summed E-state index contributed by atoms with van der Waals surface area (Å²) in [5, 5.41) is 15.8. The molecule has 1 amide bonds. The lowest BCUT2D eigenvalue weighted by molar-refractivity contribution is 0.0995. The van der Waals surface area contributed by atoms with E-state index in [1.165, 1.54) is 6.20 Å². The van der Waals surface area contributed by atoms with E-state index in [1.54, 1.807) is 19.2 Å². The number of methoxy groups -OCH3 is 1. The first-order valence-electron chi connectivity index (χ1n) is 6.79. The number of hydrogen-bond donors (Lipinski definition) is 1. The van der Waals surface area contributed by atoms with Crippen molar-refractivity contribution in [3.05, 3.63) is 54.4 Å². The lowest BCUT2D eigenvalue weighted by Crippen LogP contribution is -2.15. The Morgan fingerprint density at radius 3 is 2.26 bits per heavy atom. The molecule has 0 aliphatic rings. The molecule has 0 spiro atoms. The van der Waals surface area contributed by atoms with Crippen molar-refractivity contribution in [2.75, 3.05) is 7.11 Å². The molecule has 0 aliphatic carbocycles. The third-order valence-electron chi connectivity index (χ3n) is 3.28. The molecular formula is C16H13N5O2. The fraction of sp³-hybridized carbons (Fsp3) is 0.0625. The number of benzene rings is 1. The molecule has 2 aromatic heterocycles. The third kappa shape index (κ3) is 2.98. The van der Waals surface area contributed by atoms with Crippen molar-refractivity contribution in [2.45, 2.75) is 0 Å². The van der Waals surface area contributed by atoms with Gasteiger partial charge in [0.1, 0.15) is 5.75 Å². The molecule has 114 valence electrons. The van der Waals surface area contributed by atoms with Crippen LogP contribution in [0.4, 0.5) is 0 Å². The molecule has 7 heteroatoms. The summed E-state index contributed by atoms with van der Waals surface area (Å²) in [7, 11) is 1.61. The molecular weight excluding hydrogens is 294 g/mol. The third-order valence-corrected chi connectivity index (χ3v) is 3.28. The lowest BCUT2D eigenvalue weighted by atomic mass is 10.1. The molecule has 1 aromatic carbocycles. The zero-order chi connectivity index (χ0) is 16.2. The molecule has 3 aromatic rings. The Labute approximate surface area is 132 Å². The van der Waals surface area contributed by atoms with Crippen LogP contribution in [0.3, 0.4) is 0 Å². The number of ether oxygens (including phenoxy) is 1. The Morgan fingerprint density at radius 1 is 0.957 bits per heavy atom. The van der Waals surface area contributed by atoms with Gasteiger partial charge >= 0.3 is 0 Å². The van der Waals surface area contributed by atoms with Gasteiger partial charge in [0.2, 0.25) is 0 Å². The molecule has 0 unspecified atom stereocenters. The maximum absolute atomic E-state index is 11.4. The van der Waals surface area contributed by atoms with Crippen LogP contribution in [0.25, 0.3) is 22.5 Å². The van der Waals surface area contributed by atoms with Gasteiger partial charge in [-0.05, 0) is 42.5 Å². The van der Waals surface area contributed by atoms with E-state index in [1.807, 2.05) is 30.3 Å². The minimum Gasteiger partial charge on any atom is -0.497 e. The number of primary amides is 1. The molecule has 3 rings (SSSR count). The van der Waals surface area contributed by atoms with Crippen molar-refractivity contribution in [3.63, 3.8) is 0 Å². The summed E-state index contributed by atoms with van der Waals surface area (Å²) < 4.78 is 5.12. The lowest BCUT2D eigenvalue weighted by Gasteiger charge is -2.05. The second kappa shape index (κ2) is 6.18. The Bertz CT molecular complexity index is 832. The second-order valence-corrected chi connectivity index (χ2v) is 4.69. The van der Waals surface area contributed by atoms with Gasteiger partial charge in [-0.1, -0.05) is 0 Å². The van der Waals surface area contributed by atoms with Gasteiger partial charge in [-0.15, -0.1) is 15.3 Å². The largest absolute Gasteiger partial charge is 0.497 e. The predicted molar refractivity (Wildman–Crippen MR) is 83.6 cm³/mol. The van der Waals surface area contributed by atoms with Crippen molar-refractivity contribution >= 4 is 5.91 Å². The molecule has 2 heterocycles. The fourth-order valence-corrected chi connectivity index (χ4v) is 2.11. The first kappa shape index (κ1) is 14.6. The molecule has 0 fully saturated rings. The molecule has 0 bridgehead atoms. The first-order valence-corrected chi connectivity index (χ1v) is 6.79. The van der Waals surface area contributed by atoms with Crippen LogP contribution >= 0.6 is 0 Å². The van der Waals surface area contributed by atoms with Crippen LogP contribution in [-0.2, 0) is 0 Å². The van der Waals surface area contributed by atoms with E-state index in [4.69, 9.17) is 10.5 Å². The van der Waals surface area contributed by atoms with Gasteiger partial charge < -0.3 is 10.5 Å². The molecule has 7 nitrogen and oxygen atoms in total. The summed E-state index contributed by atoms with van der Waals surface area (Å²) in [6, 6.07) is 12.7. The van der Waals surface area contributed by atoms with Crippen LogP contribution in [0.5, 0.6) is 5.75 Å². The van der Waals surface area contributed by atoms with Crippen molar-refractivity contribution in [1.82, 2.24) is 20.4 Å². The van der Waals surface area contributed by atoms with Crippen molar-refractivity contribution in [2.24, 2.45) is 5.73 Å². The van der Waals surface area contributed by atoms with E-state index < -0.39 is 5.91 Å². The van der Waals surface area contributed by atoms with Gasteiger partial charge in [0, 0.05) is 11.1 Å². The summed E-state index contributed by atoms with van der Waals surface area (Å²) in [5.74, 6) is 0.112. The highest BCUT2D eigenvalue weighted by molar-refractivity contribution is 5.97. The minimum atomic E-state index is -0.658. The van der Waals surface area contributed by atoms with Crippen LogP contribution in [0.1, 0.15) is 10.5 Å². The summed E-state index contributed by atoms with van der Waals surface area (Å²) in [4.78, 5) is 11.4. The number of nitrogens with zero attached hydrogens (tertiary/aromatic N) is 4. The van der Waals surface area contributed by atoms with E-state index in [9.17, 15) is 4.79 Å². The summed E-state index contributed by atoms with van der Waals surface area (Å²) in [5.41, 5.74) is 7.99. The van der Waals surface area contributed by atoms with Crippen molar-refractivity contribution in [1.29, 1.82) is 0 Å². The first-order chi connectivity index (χ1) is 11.2. The van der Waals surface area contributed by atoms with Crippen LogP contribution in [0.2, 0.25) is 0 Å². The van der Waals surface area contributed by atoms with Crippen LogP contribution in [-0.4, -0.2) is 33.4 Å². The normalized spacial score (nSPS) is 10.3. The van der Waals surface area contributed by atoms with Gasteiger partial charge in [0.15, 0.2) is 5.69 Å². The van der Waals surface area contributed by atoms with E-state index in [2.05, 4.69) is 20.4 Å². The summed E-state index contributed by atoms with van der Waals surface area (Å²) >= 11 is 0. The predicted octanol–water partition coefficient (Wildman–Crippen LogP) is 1.71. The number of hydrogen-bond acceptors (Lipinski definition) is 6. The number of carbonyl (C=O) groups excluding carboxylic acids is 1. The molecule has 2 N–H and O–H groups in total. The zero-order valence-electron chi connectivity index (χ0n) is 12.3. The standard InChI is InChI=1S/C16H13N5O2/c1-23-11-4-2-10(3-5-11)13-6-7-14(20-19-13)12-8-9-18-21-15(12)16(17)22/h2-9H,1H3,(H2,17,22). The number of carbonyl (C=O) groups is 1. The topological polar surface area (TPSA) is 104 Å². The van der Waals surface area contributed by atoms with Gasteiger partial charge in [0.25, 0.3) is 5.91 Å². The maximum Gasteiger partial charge on any atom is 0.269 e. The number of aromatic nitrogens is 4. The molecule has 0 saturated heterocycles. The van der Waals surface area contributed by atoms with E-state index in [-0.39, 0.29) is 5.69 Å². The SMILES string of the molecule is COc1ccc(-c2ccc(-c3ccnnc3C(N)=O)nn2)cc1. The summed E-state index contributed by atoms with van der Waals surface area (Å²) in [6.45, 7) is 0. The van der Waals surface area contributed by atoms with Crippen LogP contribution in [0.15, 0.2) is 48.7 Å². The Hall–Kier alpha value is -3.35. The molecule has 23 heavy (non-hydrogen) atoms.